The molecule has 0 saturated carbocycles. The van der Waals surface area contributed by atoms with E-state index in [4.69, 9.17) is 0 Å². The fraction of sp³-hybridized carbons (Fsp3) is 0.0769. The van der Waals surface area contributed by atoms with Crippen molar-refractivity contribution in [1.29, 1.82) is 0 Å². The highest BCUT2D eigenvalue weighted by Gasteiger charge is 2.13. The molecule has 0 radical (unpaired) electrons. The highest BCUT2D eigenvalue weighted by Crippen LogP contribution is 2.18. The number of ether oxygens (including phenoxy) is 1. The number of carbonyl (C=O) groups excluding carboxylic acids is 2. The van der Waals surface area contributed by atoms with Crippen LogP contribution >= 0.6 is 11.3 Å². The van der Waals surface area contributed by atoms with E-state index in [1.165, 1.54) is 7.11 Å². The van der Waals surface area contributed by atoms with E-state index in [0.717, 1.165) is 17.0 Å². The zero-order valence-corrected chi connectivity index (χ0v) is 10.5. The molecule has 0 aliphatic rings. The topological polar surface area (TPSA) is 55.4 Å². The van der Waals surface area contributed by atoms with E-state index in [0.29, 0.717) is 9.75 Å². The fourth-order valence-corrected chi connectivity index (χ4v) is 2.20. The van der Waals surface area contributed by atoms with Crippen LogP contribution in [0.25, 0.3) is 0 Å². The van der Waals surface area contributed by atoms with Gasteiger partial charge < -0.3 is 10.1 Å². The zero-order valence-electron chi connectivity index (χ0n) is 9.67. The van der Waals surface area contributed by atoms with Gasteiger partial charge in [0.1, 0.15) is 4.88 Å². The number of nitrogens with one attached hydrogen (secondary N) is 1. The molecule has 92 valence electrons. The third kappa shape index (κ3) is 2.75. The largest absolute Gasteiger partial charge is 0.465 e. The number of anilines is 1. The Balaban J connectivity index is 2.10. The van der Waals surface area contributed by atoms with E-state index in [1.807, 2.05) is 18.2 Å². The van der Waals surface area contributed by atoms with Gasteiger partial charge in [0, 0.05) is 5.69 Å². The van der Waals surface area contributed by atoms with E-state index in [2.05, 4.69) is 10.1 Å². The quantitative estimate of drug-likeness (QED) is 0.864. The Labute approximate surface area is 108 Å². The van der Waals surface area contributed by atoms with Gasteiger partial charge in [0.15, 0.2) is 0 Å². The molecule has 0 aliphatic heterocycles. The van der Waals surface area contributed by atoms with Gasteiger partial charge in [-0.1, -0.05) is 18.2 Å². The Morgan fingerprint density at radius 1 is 1.06 bits per heavy atom. The molecular weight excluding hydrogens is 250 g/mol. The Kier molecular flexibility index (Phi) is 3.74. The van der Waals surface area contributed by atoms with Crippen molar-refractivity contribution in [2.45, 2.75) is 0 Å². The van der Waals surface area contributed by atoms with Crippen LogP contribution in [-0.2, 0) is 4.74 Å². The molecule has 0 aliphatic carbocycles. The minimum atomic E-state index is -0.432. The molecule has 0 atom stereocenters. The predicted octanol–water partition coefficient (Wildman–Crippen LogP) is 2.79. The molecule has 0 fully saturated rings. The van der Waals surface area contributed by atoms with Gasteiger partial charge in [-0.15, -0.1) is 11.3 Å². The normalized spacial score (nSPS) is 9.83. The summed E-state index contributed by atoms with van der Waals surface area (Å²) < 4.78 is 4.59. The van der Waals surface area contributed by atoms with Gasteiger partial charge in [0.05, 0.1) is 12.0 Å². The van der Waals surface area contributed by atoms with Crippen molar-refractivity contribution in [3.05, 3.63) is 52.2 Å². The molecular formula is C13H11NO3S. The molecule has 0 unspecified atom stereocenters. The number of hydrogen-bond acceptors (Lipinski definition) is 4. The first-order valence-corrected chi connectivity index (χ1v) is 6.07. The number of para-hydroxylation sites is 1. The third-order valence-corrected chi connectivity index (χ3v) is 3.31. The first-order chi connectivity index (χ1) is 8.70. The number of thiophene rings is 1. The summed E-state index contributed by atoms with van der Waals surface area (Å²) >= 11 is 1.11. The van der Waals surface area contributed by atoms with Gasteiger partial charge >= 0.3 is 5.97 Å². The van der Waals surface area contributed by atoms with Gasteiger partial charge in [0.25, 0.3) is 5.91 Å². The van der Waals surface area contributed by atoms with Crippen LogP contribution in [0, 0.1) is 0 Å². The van der Waals surface area contributed by atoms with Gasteiger partial charge in [0.2, 0.25) is 0 Å². The minimum absolute atomic E-state index is 0.235. The second kappa shape index (κ2) is 5.46. The number of hydrogen-bond donors (Lipinski definition) is 1. The highest BCUT2D eigenvalue weighted by molar-refractivity contribution is 7.16. The zero-order chi connectivity index (χ0) is 13.0. The molecule has 0 bridgehead atoms. The van der Waals surface area contributed by atoms with Crippen molar-refractivity contribution in [1.82, 2.24) is 0 Å². The Hall–Kier alpha value is -2.14. The standard InChI is InChI=1S/C13H11NO3S/c1-17-13(16)11-8-7-10(18-11)12(15)14-9-5-3-2-4-6-9/h2-8H,1H3,(H,14,15). The van der Waals surface area contributed by atoms with Gasteiger partial charge in [-0.25, -0.2) is 4.79 Å². The van der Waals surface area contributed by atoms with Crippen LogP contribution in [0.1, 0.15) is 19.3 Å². The van der Waals surface area contributed by atoms with Gasteiger partial charge in [-0.3, -0.25) is 4.79 Å². The first-order valence-electron chi connectivity index (χ1n) is 5.25. The van der Waals surface area contributed by atoms with E-state index >= 15 is 0 Å². The van der Waals surface area contributed by atoms with E-state index in [9.17, 15) is 9.59 Å². The molecule has 1 N–H and O–H groups in total. The molecule has 18 heavy (non-hydrogen) atoms. The number of benzene rings is 1. The van der Waals surface area contributed by atoms with Crippen molar-refractivity contribution in [3.8, 4) is 0 Å². The van der Waals surface area contributed by atoms with Gasteiger partial charge in [-0.05, 0) is 24.3 Å². The third-order valence-electron chi connectivity index (χ3n) is 2.25. The van der Waals surface area contributed by atoms with Crippen molar-refractivity contribution in [2.24, 2.45) is 0 Å². The average molecular weight is 261 g/mol. The summed E-state index contributed by atoms with van der Waals surface area (Å²) in [7, 11) is 1.31. The van der Waals surface area contributed by atoms with Crippen molar-refractivity contribution < 1.29 is 14.3 Å². The lowest BCUT2D eigenvalue weighted by atomic mass is 10.3. The van der Waals surface area contributed by atoms with Crippen LogP contribution in [-0.4, -0.2) is 19.0 Å². The van der Waals surface area contributed by atoms with Crippen molar-refractivity contribution in [3.63, 3.8) is 0 Å². The van der Waals surface area contributed by atoms with E-state index in [-0.39, 0.29) is 5.91 Å². The van der Waals surface area contributed by atoms with Crippen LogP contribution in [0.3, 0.4) is 0 Å². The number of rotatable bonds is 3. The van der Waals surface area contributed by atoms with E-state index in [1.54, 1.807) is 24.3 Å². The SMILES string of the molecule is COC(=O)c1ccc(C(=O)Nc2ccccc2)s1. The molecule has 2 aromatic rings. The lowest BCUT2D eigenvalue weighted by molar-refractivity contribution is 0.0606. The van der Waals surface area contributed by atoms with Crippen LogP contribution in [0.4, 0.5) is 5.69 Å². The summed E-state index contributed by atoms with van der Waals surface area (Å²) in [4.78, 5) is 24.0. The second-order valence-electron chi connectivity index (χ2n) is 3.48. The van der Waals surface area contributed by atoms with Crippen molar-refractivity contribution >= 4 is 28.9 Å². The summed E-state index contributed by atoms with van der Waals surface area (Å²) in [6, 6.07) is 12.3. The summed E-state index contributed by atoms with van der Waals surface area (Å²) in [6.45, 7) is 0. The lowest BCUT2D eigenvalue weighted by Crippen LogP contribution is -2.09. The summed E-state index contributed by atoms with van der Waals surface area (Å²) in [5.41, 5.74) is 0.718. The van der Waals surface area contributed by atoms with Crippen LogP contribution in [0.15, 0.2) is 42.5 Å². The molecule has 0 saturated heterocycles. The second-order valence-corrected chi connectivity index (χ2v) is 4.56. The maximum atomic E-state index is 11.9. The highest BCUT2D eigenvalue weighted by atomic mass is 32.1. The van der Waals surface area contributed by atoms with Gasteiger partial charge in [-0.2, -0.15) is 0 Å². The number of methoxy groups -OCH3 is 1. The molecule has 4 nitrogen and oxygen atoms in total. The predicted molar refractivity (Wildman–Crippen MR) is 70.1 cm³/mol. The molecule has 1 amide bonds. The fourth-order valence-electron chi connectivity index (χ4n) is 1.38. The Morgan fingerprint density at radius 3 is 2.39 bits per heavy atom. The molecule has 0 spiro atoms. The summed E-state index contributed by atoms with van der Waals surface area (Å²) in [5, 5.41) is 2.75. The molecule has 2 rings (SSSR count). The maximum absolute atomic E-state index is 11.9. The number of esters is 1. The monoisotopic (exact) mass is 261 g/mol. The summed E-state index contributed by atoms with van der Waals surface area (Å²) in [6.07, 6.45) is 0. The van der Waals surface area contributed by atoms with Crippen molar-refractivity contribution in [2.75, 3.05) is 12.4 Å². The van der Waals surface area contributed by atoms with E-state index < -0.39 is 5.97 Å². The number of carbonyl (C=O) groups is 2. The number of amides is 1. The molecule has 5 heteroatoms. The first kappa shape index (κ1) is 12.3. The smallest absolute Gasteiger partial charge is 0.348 e. The molecule has 1 aromatic heterocycles. The molecule has 1 heterocycles. The van der Waals surface area contributed by atoms with Crippen LogP contribution < -0.4 is 5.32 Å². The van der Waals surface area contributed by atoms with Crippen LogP contribution in [0.2, 0.25) is 0 Å². The minimum Gasteiger partial charge on any atom is -0.465 e. The van der Waals surface area contributed by atoms with Crippen LogP contribution in [0.5, 0.6) is 0 Å². The average Bonchev–Trinajstić information content (AvgIpc) is 2.88. The maximum Gasteiger partial charge on any atom is 0.348 e. The molecule has 1 aromatic carbocycles. The Bertz CT molecular complexity index is 563. The summed E-state index contributed by atoms with van der Waals surface area (Å²) in [5.74, 6) is -0.667. The lowest BCUT2D eigenvalue weighted by Gasteiger charge is -2.02. The Morgan fingerprint density at radius 2 is 1.72 bits per heavy atom.